The first kappa shape index (κ1) is 16.5. The number of amides is 1. The SMILES string of the molecule is COc1cc(NC(=S)NC(C)=O)ccc1-c1ccc(C(=O)O)o1. The summed E-state index contributed by atoms with van der Waals surface area (Å²) in [6.45, 7) is 1.36. The van der Waals surface area contributed by atoms with E-state index in [9.17, 15) is 9.59 Å². The topological polar surface area (TPSA) is 101 Å². The molecule has 0 aliphatic heterocycles. The van der Waals surface area contributed by atoms with Crippen LogP contribution in [0.2, 0.25) is 0 Å². The zero-order valence-electron chi connectivity index (χ0n) is 12.4. The molecular formula is C15H14N2O5S. The number of furan rings is 1. The van der Waals surface area contributed by atoms with E-state index in [4.69, 9.17) is 26.5 Å². The number of aromatic carboxylic acids is 1. The highest BCUT2D eigenvalue weighted by Crippen LogP contribution is 2.33. The normalized spacial score (nSPS) is 10.0. The molecule has 0 fully saturated rings. The van der Waals surface area contributed by atoms with Gasteiger partial charge < -0.3 is 24.9 Å². The van der Waals surface area contributed by atoms with Crippen LogP contribution in [0, 0.1) is 0 Å². The molecule has 0 unspecified atom stereocenters. The third kappa shape index (κ3) is 4.07. The van der Waals surface area contributed by atoms with Gasteiger partial charge in [-0.2, -0.15) is 0 Å². The Morgan fingerprint density at radius 1 is 1.26 bits per heavy atom. The van der Waals surface area contributed by atoms with E-state index in [1.54, 1.807) is 24.3 Å². The largest absolute Gasteiger partial charge is 0.496 e. The number of rotatable bonds is 4. The molecule has 0 radical (unpaired) electrons. The molecule has 8 heteroatoms. The van der Waals surface area contributed by atoms with Crippen LogP contribution in [0.25, 0.3) is 11.3 Å². The van der Waals surface area contributed by atoms with Gasteiger partial charge in [0, 0.05) is 18.7 Å². The van der Waals surface area contributed by atoms with Crippen LogP contribution < -0.4 is 15.4 Å². The molecule has 1 heterocycles. The lowest BCUT2D eigenvalue weighted by atomic mass is 10.1. The predicted octanol–water partition coefficient (Wildman–Crippen LogP) is 2.49. The highest BCUT2D eigenvalue weighted by Gasteiger charge is 2.14. The van der Waals surface area contributed by atoms with Gasteiger partial charge in [-0.3, -0.25) is 4.79 Å². The van der Waals surface area contributed by atoms with Crippen LogP contribution in [0.1, 0.15) is 17.5 Å². The van der Waals surface area contributed by atoms with Gasteiger partial charge in [-0.25, -0.2) is 4.79 Å². The first-order valence-corrected chi connectivity index (χ1v) is 6.91. The van der Waals surface area contributed by atoms with E-state index >= 15 is 0 Å². The average Bonchev–Trinajstić information content (AvgIpc) is 2.96. The van der Waals surface area contributed by atoms with Crippen molar-refractivity contribution in [1.82, 2.24) is 5.32 Å². The van der Waals surface area contributed by atoms with Gasteiger partial charge in [-0.05, 0) is 36.5 Å². The second kappa shape index (κ2) is 6.93. The number of hydrogen-bond acceptors (Lipinski definition) is 5. The summed E-state index contributed by atoms with van der Waals surface area (Å²) in [5.41, 5.74) is 1.20. The van der Waals surface area contributed by atoms with E-state index < -0.39 is 5.97 Å². The van der Waals surface area contributed by atoms with Gasteiger partial charge in [0.2, 0.25) is 11.7 Å². The predicted molar refractivity (Wildman–Crippen MR) is 87.7 cm³/mol. The zero-order chi connectivity index (χ0) is 17.0. The second-order valence-electron chi connectivity index (χ2n) is 4.52. The first-order chi connectivity index (χ1) is 10.9. The van der Waals surface area contributed by atoms with E-state index in [2.05, 4.69) is 10.6 Å². The van der Waals surface area contributed by atoms with Crippen LogP contribution in [0.15, 0.2) is 34.7 Å². The molecule has 0 saturated heterocycles. The fourth-order valence-corrected chi connectivity index (χ4v) is 2.15. The minimum atomic E-state index is -1.14. The zero-order valence-corrected chi connectivity index (χ0v) is 13.2. The molecule has 0 bridgehead atoms. The molecule has 0 saturated carbocycles. The highest BCUT2D eigenvalue weighted by molar-refractivity contribution is 7.80. The van der Waals surface area contributed by atoms with Gasteiger partial charge >= 0.3 is 5.97 Å². The number of benzene rings is 1. The maximum atomic E-state index is 10.9. The van der Waals surface area contributed by atoms with Crippen molar-refractivity contribution in [2.24, 2.45) is 0 Å². The summed E-state index contributed by atoms with van der Waals surface area (Å²) in [5.74, 6) is -0.740. The Morgan fingerprint density at radius 3 is 2.57 bits per heavy atom. The lowest BCUT2D eigenvalue weighted by molar-refractivity contribution is -0.117. The summed E-state index contributed by atoms with van der Waals surface area (Å²) in [6, 6.07) is 7.98. The smallest absolute Gasteiger partial charge is 0.371 e. The van der Waals surface area contributed by atoms with Crippen LogP contribution in [-0.4, -0.2) is 29.2 Å². The molecule has 120 valence electrons. The van der Waals surface area contributed by atoms with E-state index in [-0.39, 0.29) is 16.8 Å². The number of ether oxygens (including phenoxy) is 1. The number of carboxylic acid groups (broad SMARTS) is 1. The average molecular weight is 334 g/mol. The molecule has 1 aromatic carbocycles. The first-order valence-electron chi connectivity index (χ1n) is 6.51. The summed E-state index contributed by atoms with van der Waals surface area (Å²) >= 11 is 4.98. The Labute approximate surface area is 137 Å². The van der Waals surface area contributed by atoms with Crippen LogP contribution in [-0.2, 0) is 4.79 Å². The molecule has 1 amide bonds. The quantitative estimate of drug-likeness (QED) is 0.738. The van der Waals surface area contributed by atoms with Crippen LogP contribution >= 0.6 is 12.2 Å². The van der Waals surface area contributed by atoms with Crippen molar-refractivity contribution in [2.75, 3.05) is 12.4 Å². The molecule has 2 aromatic rings. The maximum absolute atomic E-state index is 10.9. The van der Waals surface area contributed by atoms with Crippen molar-refractivity contribution in [2.45, 2.75) is 6.92 Å². The summed E-state index contributed by atoms with van der Waals surface area (Å²) in [4.78, 5) is 21.8. The third-order valence-electron chi connectivity index (χ3n) is 2.83. The van der Waals surface area contributed by atoms with E-state index in [0.29, 0.717) is 22.8 Å². The number of hydrogen-bond donors (Lipinski definition) is 3. The molecule has 0 aliphatic rings. The van der Waals surface area contributed by atoms with Crippen molar-refractivity contribution in [3.05, 3.63) is 36.1 Å². The number of thiocarbonyl (C=S) groups is 1. The van der Waals surface area contributed by atoms with Crippen molar-refractivity contribution in [3.8, 4) is 17.1 Å². The molecule has 23 heavy (non-hydrogen) atoms. The van der Waals surface area contributed by atoms with Crippen molar-refractivity contribution < 1.29 is 23.8 Å². The summed E-state index contributed by atoms with van der Waals surface area (Å²) in [6.07, 6.45) is 0. The molecule has 3 N–H and O–H groups in total. The van der Waals surface area contributed by atoms with Gasteiger partial charge in [-0.1, -0.05) is 0 Å². The van der Waals surface area contributed by atoms with Crippen molar-refractivity contribution >= 4 is 34.9 Å². The van der Waals surface area contributed by atoms with Crippen molar-refractivity contribution in [3.63, 3.8) is 0 Å². The standard InChI is InChI=1S/C15H14N2O5S/c1-8(18)16-15(23)17-9-3-4-10(13(7-9)21-2)11-5-6-12(22-11)14(19)20/h3-7H,1-2H3,(H,19,20)(H2,16,17,18,23). The molecule has 0 aliphatic carbocycles. The molecular weight excluding hydrogens is 320 g/mol. The Morgan fingerprint density at radius 2 is 2.00 bits per heavy atom. The fraction of sp³-hybridized carbons (Fsp3) is 0.133. The Hall–Kier alpha value is -2.87. The summed E-state index contributed by atoms with van der Waals surface area (Å²) < 4.78 is 10.6. The van der Waals surface area contributed by atoms with Crippen LogP contribution in [0.3, 0.4) is 0 Å². The summed E-state index contributed by atoms with van der Waals surface area (Å²) in [7, 11) is 1.48. The van der Waals surface area contributed by atoms with E-state index in [0.717, 1.165) is 0 Å². The number of methoxy groups -OCH3 is 1. The lowest BCUT2D eigenvalue weighted by Crippen LogP contribution is -2.32. The second-order valence-corrected chi connectivity index (χ2v) is 4.93. The number of nitrogens with one attached hydrogen (secondary N) is 2. The van der Waals surface area contributed by atoms with Gasteiger partial charge in [0.1, 0.15) is 11.5 Å². The Bertz CT molecular complexity index is 769. The Balaban J connectivity index is 2.27. The monoisotopic (exact) mass is 334 g/mol. The van der Waals surface area contributed by atoms with Gasteiger partial charge in [0.15, 0.2) is 5.11 Å². The number of anilines is 1. The van der Waals surface area contributed by atoms with Crippen LogP contribution in [0.5, 0.6) is 5.75 Å². The molecule has 2 rings (SSSR count). The number of carbonyl (C=O) groups is 2. The maximum Gasteiger partial charge on any atom is 0.371 e. The van der Waals surface area contributed by atoms with Gasteiger partial charge in [-0.15, -0.1) is 0 Å². The van der Waals surface area contributed by atoms with E-state index in [1.165, 1.54) is 20.1 Å². The number of carbonyl (C=O) groups excluding carboxylic acids is 1. The molecule has 7 nitrogen and oxygen atoms in total. The third-order valence-corrected chi connectivity index (χ3v) is 3.04. The molecule has 1 aromatic heterocycles. The number of carboxylic acids is 1. The molecule has 0 spiro atoms. The van der Waals surface area contributed by atoms with E-state index in [1.807, 2.05) is 0 Å². The Kier molecular flexibility index (Phi) is 4.97. The fourth-order valence-electron chi connectivity index (χ4n) is 1.89. The lowest BCUT2D eigenvalue weighted by Gasteiger charge is -2.11. The van der Waals surface area contributed by atoms with Gasteiger partial charge in [0.25, 0.3) is 0 Å². The highest BCUT2D eigenvalue weighted by atomic mass is 32.1. The van der Waals surface area contributed by atoms with Crippen LogP contribution in [0.4, 0.5) is 5.69 Å². The van der Waals surface area contributed by atoms with Gasteiger partial charge in [0.05, 0.1) is 12.7 Å². The molecule has 0 atom stereocenters. The van der Waals surface area contributed by atoms with Crippen molar-refractivity contribution in [1.29, 1.82) is 0 Å². The minimum absolute atomic E-state index is 0.156. The minimum Gasteiger partial charge on any atom is -0.496 e. The summed E-state index contributed by atoms with van der Waals surface area (Å²) in [5, 5.41) is 14.4.